The Kier molecular flexibility index (Phi) is 7.03. The molecule has 0 unspecified atom stereocenters. The zero-order valence-corrected chi connectivity index (χ0v) is 18.0. The van der Waals surface area contributed by atoms with E-state index in [0.717, 1.165) is 0 Å². The SMILES string of the molecule is O=C(CCNS(=O)(=O)c1ccccc1Br)Nc1cccc(NC(=O)c2ccco2)c1. The lowest BCUT2D eigenvalue weighted by molar-refractivity contribution is -0.116. The van der Waals surface area contributed by atoms with Gasteiger partial charge in [-0.15, -0.1) is 0 Å². The highest BCUT2D eigenvalue weighted by Crippen LogP contribution is 2.21. The molecule has 2 amide bonds. The van der Waals surface area contributed by atoms with Crippen molar-refractivity contribution in [2.24, 2.45) is 0 Å². The Labute approximate surface area is 181 Å². The number of rotatable bonds is 8. The molecule has 0 radical (unpaired) electrons. The first kappa shape index (κ1) is 21.8. The summed E-state index contributed by atoms with van der Waals surface area (Å²) in [7, 11) is -3.73. The monoisotopic (exact) mass is 491 g/mol. The van der Waals surface area contributed by atoms with Crippen LogP contribution >= 0.6 is 15.9 Å². The fraction of sp³-hybridized carbons (Fsp3) is 0.100. The van der Waals surface area contributed by atoms with Crippen LogP contribution in [0.1, 0.15) is 17.0 Å². The van der Waals surface area contributed by atoms with Crippen LogP contribution in [0.15, 0.2) is 80.7 Å². The van der Waals surface area contributed by atoms with Crippen molar-refractivity contribution in [3.8, 4) is 0 Å². The van der Waals surface area contributed by atoms with E-state index in [4.69, 9.17) is 4.42 Å². The van der Waals surface area contributed by atoms with E-state index < -0.39 is 15.9 Å². The maximum atomic E-state index is 12.3. The normalized spacial score (nSPS) is 11.1. The third kappa shape index (κ3) is 5.78. The molecule has 3 rings (SSSR count). The molecule has 0 spiro atoms. The standard InChI is InChI=1S/C20H18BrN3O5S/c21-16-7-1-2-9-18(16)30(27,28)22-11-10-19(25)23-14-5-3-6-15(13-14)24-20(26)17-8-4-12-29-17/h1-9,12-13,22H,10-11H2,(H,23,25)(H,24,26). The molecule has 0 atom stereocenters. The molecule has 156 valence electrons. The Morgan fingerprint density at radius 3 is 2.37 bits per heavy atom. The number of hydrogen-bond acceptors (Lipinski definition) is 5. The van der Waals surface area contributed by atoms with Crippen molar-refractivity contribution in [2.45, 2.75) is 11.3 Å². The minimum atomic E-state index is -3.73. The number of carbonyl (C=O) groups is 2. The van der Waals surface area contributed by atoms with Crippen LogP contribution in [0.3, 0.4) is 0 Å². The molecule has 3 N–H and O–H groups in total. The molecule has 0 fully saturated rings. The molecule has 0 saturated heterocycles. The van der Waals surface area contributed by atoms with Crippen molar-refractivity contribution < 1.29 is 22.4 Å². The van der Waals surface area contributed by atoms with Crippen molar-refractivity contribution in [3.05, 3.63) is 77.2 Å². The second-order valence-electron chi connectivity index (χ2n) is 6.14. The van der Waals surface area contributed by atoms with Gasteiger partial charge in [-0.05, 0) is 58.4 Å². The van der Waals surface area contributed by atoms with Crippen LogP contribution in [0, 0.1) is 0 Å². The Morgan fingerprint density at radius 1 is 0.933 bits per heavy atom. The molecule has 1 aromatic heterocycles. The third-order valence-corrected chi connectivity index (χ3v) is 6.39. The van der Waals surface area contributed by atoms with Gasteiger partial charge in [-0.25, -0.2) is 13.1 Å². The number of hydrogen-bond donors (Lipinski definition) is 3. The molecule has 0 aliphatic heterocycles. The largest absolute Gasteiger partial charge is 0.459 e. The van der Waals surface area contributed by atoms with Gasteiger partial charge in [0.25, 0.3) is 5.91 Å². The number of amides is 2. The third-order valence-electron chi connectivity index (χ3n) is 3.92. The van der Waals surface area contributed by atoms with Crippen LogP contribution < -0.4 is 15.4 Å². The quantitative estimate of drug-likeness (QED) is 0.444. The Bertz CT molecular complexity index is 1150. The molecular weight excluding hydrogens is 474 g/mol. The van der Waals surface area contributed by atoms with Gasteiger partial charge in [0.2, 0.25) is 15.9 Å². The molecule has 1 heterocycles. The highest BCUT2D eigenvalue weighted by molar-refractivity contribution is 9.10. The van der Waals surface area contributed by atoms with Crippen molar-refractivity contribution in [3.63, 3.8) is 0 Å². The van der Waals surface area contributed by atoms with Gasteiger partial charge in [-0.1, -0.05) is 18.2 Å². The van der Waals surface area contributed by atoms with Gasteiger partial charge in [0.15, 0.2) is 5.76 Å². The fourth-order valence-corrected chi connectivity index (χ4v) is 4.57. The molecule has 8 nitrogen and oxygen atoms in total. The average Bonchev–Trinajstić information content (AvgIpc) is 3.23. The van der Waals surface area contributed by atoms with E-state index in [1.807, 2.05) is 0 Å². The minimum Gasteiger partial charge on any atom is -0.459 e. The van der Waals surface area contributed by atoms with E-state index in [-0.39, 0.29) is 29.5 Å². The van der Waals surface area contributed by atoms with Crippen LogP contribution in [-0.4, -0.2) is 26.8 Å². The van der Waals surface area contributed by atoms with E-state index in [1.165, 1.54) is 18.4 Å². The number of anilines is 2. The first-order valence-corrected chi connectivity index (χ1v) is 11.1. The molecule has 0 aliphatic carbocycles. The van der Waals surface area contributed by atoms with Crippen LogP contribution in [0.4, 0.5) is 11.4 Å². The molecule has 0 aliphatic rings. The van der Waals surface area contributed by atoms with Crippen molar-refractivity contribution in [1.82, 2.24) is 4.72 Å². The molecule has 0 bridgehead atoms. The Hall–Kier alpha value is -2.95. The van der Waals surface area contributed by atoms with Gasteiger partial charge < -0.3 is 15.1 Å². The highest BCUT2D eigenvalue weighted by atomic mass is 79.9. The molecule has 3 aromatic rings. The Morgan fingerprint density at radius 2 is 1.67 bits per heavy atom. The summed E-state index contributed by atoms with van der Waals surface area (Å²) in [5.41, 5.74) is 0.940. The number of sulfonamides is 1. The summed E-state index contributed by atoms with van der Waals surface area (Å²) in [4.78, 5) is 24.3. The maximum Gasteiger partial charge on any atom is 0.291 e. The predicted molar refractivity (Wildman–Crippen MR) is 116 cm³/mol. The Balaban J connectivity index is 1.53. The summed E-state index contributed by atoms with van der Waals surface area (Å²) < 4.78 is 32.5. The summed E-state index contributed by atoms with van der Waals surface area (Å²) in [5.74, 6) is -0.619. The van der Waals surface area contributed by atoms with Gasteiger partial charge >= 0.3 is 0 Å². The van der Waals surface area contributed by atoms with Crippen LogP contribution in [-0.2, 0) is 14.8 Å². The van der Waals surface area contributed by atoms with E-state index >= 15 is 0 Å². The molecular formula is C20H18BrN3O5S. The second-order valence-corrected chi connectivity index (χ2v) is 8.73. The zero-order valence-electron chi connectivity index (χ0n) is 15.6. The van der Waals surface area contributed by atoms with Crippen LogP contribution in [0.2, 0.25) is 0 Å². The maximum absolute atomic E-state index is 12.3. The summed E-state index contributed by atoms with van der Waals surface area (Å²) in [6.07, 6.45) is 1.34. The van der Waals surface area contributed by atoms with E-state index in [0.29, 0.717) is 15.8 Å². The van der Waals surface area contributed by atoms with Crippen molar-refractivity contribution >= 4 is 49.1 Å². The van der Waals surface area contributed by atoms with Crippen molar-refractivity contribution in [2.75, 3.05) is 17.2 Å². The fourth-order valence-electron chi connectivity index (χ4n) is 2.54. The van der Waals surface area contributed by atoms with Gasteiger partial charge in [-0.3, -0.25) is 9.59 Å². The number of halogens is 1. The number of furan rings is 1. The van der Waals surface area contributed by atoms with Gasteiger partial charge in [0, 0.05) is 28.8 Å². The molecule has 2 aromatic carbocycles. The van der Waals surface area contributed by atoms with E-state index in [1.54, 1.807) is 48.5 Å². The highest BCUT2D eigenvalue weighted by Gasteiger charge is 2.17. The van der Waals surface area contributed by atoms with Gasteiger partial charge in [0.1, 0.15) is 0 Å². The summed E-state index contributed by atoms with van der Waals surface area (Å²) in [6, 6.07) is 16.1. The molecule has 30 heavy (non-hydrogen) atoms. The first-order chi connectivity index (χ1) is 14.3. The summed E-state index contributed by atoms with van der Waals surface area (Å²) in [5, 5.41) is 5.33. The smallest absolute Gasteiger partial charge is 0.291 e. The number of nitrogens with one attached hydrogen (secondary N) is 3. The first-order valence-electron chi connectivity index (χ1n) is 8.84. The van der Waals surface area contributed by atoms with E-state index in [9.17, 15) is 18.0 Å². The lowest BCUT2D eigenvalue weighted by Gasteiger charge is -2.10. The van der Waals surface area contributed by atoms with Gasteiger partial charge in [0.05, 0.1) is 11.2 Å². The van der Waals surface area contributed by atoms with Crippen LogP contribution in [0.25, 0.3) is 0 Å². The summed E-state index contributed by atoms with van der Waals surface area (Å²) in [6.45, 7) is -0.0651. The second kappa shape index (κ2) is 9.70. The molecule has 0 saturated carbocycles. The number of carbonyl (C=O) groups excluding carboxylic acids is 2. The van der Waals surface area contributed by atoms with Gasteiger partial charge in [-0.2, -0.15) is 0 Å². The lowest BCUT2D eigenvalue weighted by Crippen LogP contribution is -2.28. The topological polar surface area (TPSA) is 118 Å². The summed E-state index contributed by atoms with van der Waals surface area (Å²) >= 11 is 3.20. The predicted octanol–water partition coefficient (Wildman–Crippen LogP) is 3.60. The van der Waals surface area contributed by atoms with Crippen LogP contribution in [0.5, 0.6) is 0 Å². The van der Waals surface area contributed by atoms with Crippen molar-refractivity contribution in [1.29, 1.82) is 0 Å². The number of benzene rings is 2. The average molecular weight is 492 g/mol. The zero-order chi connectivity index (χ0) is 21.6. The lowest BCUT2D eigenvalue weighted by atomic mass is 10.2. The molecule has 10 heteroatoms. The minimum absolute atomic E-state index is 0.0628. The van der Waals surface area contributed by atoms with E-state index in [2.05, 4.69) is 31.3 Å².